The molecule has 1 aromatic carbocycles. The normalized spacial score (nSPS) is 14.2. The summed E-state index contributed by atoms with van der Waals surface area (Å²) in [4.78, 5) is -0.210. The van der Waals surface area contributed by atoms with Gasteiger partial charge in [-0.15, -0.1) is 0 Å². The standard InChI is InChI=1S/C8H7F3OS/c1-6-2-4-7(5-3-6)13(12)8(9,10)11/h2-5H,1H3/t13-/m0/s1. The fraction of sp³-hybridized carbons (Fsp3) is 0.250. The fourth-order valence-electron chi connectivity index (χ4n) is 0.795. The van der Waals surface area contributed by atoms with Crippen LogP contribution >= 0.6 is 0 Å². The van der Waals surface area contributed by atoms with Gasteiger partial charge in [0, 0.05) is 4.90 Å². The first-order valence-electron chi connectivity index (χ1n) is 3.46. The van der Waals surface area contributed by atoms with Crippen molar-refractivity contribution in [3.8, 4) is 0 Å². The summed E-state index contributed by atoms with van der Waals surface area (Å²) in [6, 6.07) is 5.44. The van der Waals surface area contributed by atoms with Crippen LogP contribution in [0.4, 0.5) is 13.2 Å². The van der Waals surface area contributed by atoms with Crippen molar-refractivity contribution in [2.24, 2.45) is 0 Å². The molecule has 0 radical (unpaired) electrons. The lowest BCUT2D eigenvalue weighted by molar-refractivity contribution is -0.0384. The molecule has 0 aliphatic carbocycles. The summed E-state index contributed by atoms with van der Waals surface area (Å²) in [6.07, 6.45) is 0. The molecule has 0 aliphatic heterocycles. The minimum absolute atomic E-state index is 0.210. The Morgan fingerprint density at radius 2 is 1.62 bits per heavy atom. The second-order valence-electron chi connectivity index (χ2n) is 2.53. The zero-order chi connectivity index (χ0) is 10.1. The van der Waals surface area contributed by atoms with Crippen LogP contribution in [0.3, 0.4) is 0 Å². The summed E-state index contributed by atoms with van der Waals surface area (Å²) in [7, 11) is -2.91. The Kier molecular flexibility index (Phi) is 2.75. The van der Waals surface area contributed by atoms with E-state index in [1.165, 1.54) is 24.3 Å². The molecule has 1 rings (SSSR count). The maximum absolute atomic E-state index is 11.9. The Hall–Kier alpha value is -0.840. The molecule has 0 saturated heterocycles. The van der Waals surface area contributed by atoms with Crippen molar-refractivity contribution in [2.45, 2.75) is 17.3 Å². The summed E-state index contributed by atoms with van der Waals surface area (Å²) < 4.78 is 46.6. The van der Waals surface area contributed by atoms with E-state index in [9.17, 15) is 17.4 Å². The predicted molar refractivity (Wildman–Crippen MR) is 43.6 cm³/mol. The van der Waals surface area contributed by atoms with E-state index in [0.717, 1.165) is 5.56 Å². The molecule has 0 saturated carbocycles. The predicted octanol–water partition coefficient (Wildman–Crippen LogP) is 2.62. The Morgan fingerprint density at radius 1 is 1.15 bits per heavy atom. The minimum Gasteiger partial charge on any atom is -0.245 e. The molecule has 0 N–H and O–H groups in total. The van der Waals surface area contributed by atoms with Gasteiger partial charge >= 0.3 is 5.51 Å². The molecule has 1 aromatic rings. The van der Waals surface area contributed by atoms with E-state index in [2.05, 4.69) is 0 Å². The number of rotatable bonds is 1. The molecule has 72 valence electrons. The van der Waals surface area contributed by atoms with Gasteiger partial charge in [-0.2, -0.15) is 13.2 Å². The topological polar surface area (TPSA) is 17.1 Å². The molecule has 0 heterocycles. The average Bonchev–Trinajstić information content (AvgIpc) is 2.03. The summed E-state index contributed by atoms with van der Waals surface area (Å²) in [5.74, 6) is 0. The average molecular weight is 208 g/mol. The zero-order valence-corrected chi connectivity index (χ0v) is 7.58. The Morgan fingerprint density at radius 3 is 2.00 bits per heavy atom. The summed E-state index contributed by atoms with van der Waals surface area (Å²) in [5, 5.41) is 0. The van der Waals surface area contributed by atoms with Gasteiger partial charge in [0.15, 0.2) is 10.8 Å². The molecule has 1 atom stereocenters. The van der Waals surface area contributed by atoms with Crippen molar-refractivity contribution in [2.75, 3.05) is 0 Å². The summed E-state index contributed by atoms with van der Waals surface area (Å²) in [5.41, 5.74) is -3.84. The summed E-state index contributed by atoms with van der Waals surface area (Å²) >= 11 is 0. The lowest BCUT2D eigenvalue weighted by Crippen LogP contribution is -2.16. The Labute approximate surface area is 76.0 Å². The van der Waals surface area contributed by atoms with E-state index < -0.39 is 16.3 Å². The summed E-state index contributed by atoms with van der Waals surface area (Å²) in [6.45, 7) is 1.75. The maximum atomic E-state index is 11.9. The van der Waals surface area contributed by atoms with E-state index in [0.29, 0.717) is 0 Å². The molecule has 0 fully saturated rings. The van der Waals surface area contributed by atoms with Crippen LogP contribution in [0.1, 0.15) is 5.56 Å². The number of hydrogen-bond donors (Lipinski definition) is 0. The molecule has 0 aromatic heterocycles. The van der Waals surface area contributed by atoms with Gasteiger partial charge in [0.2, 0.25) is 0 Å². The van der Waals surface area contributed by atoms with Crippen LogP contribution in [-0.4, -0.2) is 9.72 Å². The van der Waals surface area contributed by atoms with Crippen molar-refractivity contribution in [1.29, 1.82) is 0 Å². The maximum Gasteiger partial charge on any atom is 0.475 e. The third-order valence-corrected chi connectivity index (χ3v) is 2.57. The Balaban J connectivity index is 2.97. The van der Waals surface area contributed by atoms with Crippen molar-refractivity contribution < 1.29 is 17.4 Å². The van der Waals surface area contributed by atoms with Gasteiger partial charge in [0.25, 0.3) is 0 Å². The van der Waals surface area contributed by atoms with Crippen LogP contribution in [0.2, 0.25) is 0 Å². The van der Waals surface area contributed by atoms with Crippen LogP contribution < -0.4 is 0 Å². The first-order chi connectivity index (χ1) is 5.91. The molecule has 0 spiro atoms. The quantitative estimate of drug-likeness (QED) is 0.693. The highest BCUT2D eigenvalue weighted by Crippen LogP contribution is 2.25. The third-order valence-electron chi connectivity index (χ3n) is 1.45. The molecule has 13 heavy (non-hydrogen) atoms. The highest BCUT2D eigenvalue weighted by Gasteiger charge is 2.37. The SMILES string of the molecule is Cc1ccc([S@](=O)C(F)(F)F)cc1. The van der Waals surface area contributed by atoms with Crippen LogP contribution in [-0.2, 0) is 10.8 Å². The second-order valence-corrected chi connectivity index (χ2v) is 4.00. The first kappa shape index (κ1) is 10.2. The molecule has 0 bridgehead atoms. The van der Waals surface area contributed by atoms with E-state index in [1.807, 2.05) is 0 Å². The molecular formula is C8H7F3OS. The van der Waals surface area contributed by atoms with E-state index in [1.54, 1.807) is 6.92 Å². The lowest BCUT2D eigenvalue weighted by Gasteiger charge is -2.05. The highest BCUT2D eigenvalue weighted by atomic mass is 32.2. The van der Waals surface area contributed by atoms with Gasteiger partial charge < -0.3 is 0 Å². The molecule has 5 heteroatoms. The lowest BCUT2D eigenvalue weighted by atomic mass is 10.2. The van der Waals surface area contributed by atoms with Gasteiger partial charge in [0.1, 0.15) is 0 Å². The zero-order valence-electron chi connectivity index (χ0n) is 6.76. The monoisotopic (exact) mass is 208 g/mol. The van der Waals surface area contributed by atoms with Crippen molar-refractivity contribution in [3.63, 3.8) is 0 Å². The number of alkyl halides is 3. The van der Waals surface area contributed by atoms with Gasteiger partial charge in [-0.1, -0.05) is 17.7 Å². The second kappa shape index (κ2) is 3.49. The van der Waals surface area contributed by atoms with E-state index in [-0.39, 0.29) is 4.90 Å². The number of halogens is 3. The fourth-order valence-corrected chi connectivity index (χ4v) is 1.45. The molecular weight excluding hydrogens is 201 g/mol. The molecule has 0 unspecified atom stereocenters. The number of benzene rings is 1. The van der Waals surface area contributed by atoms with Crippen LogP contribution in [0.25, 0.3) is 0 Å². The van der Waals surface area contributed by atoms with Crippen molar-refractivity contribution in [1.82, 2.24) is 0 Å². The van der Waals surface area contributed by atoms with Gasteiger partial charge in [-0.05, 0) is 19.1 Å². The van der Waals surface area contributed by atoms with Crippen LogP contribution in [0, 0.1) is 6.92 Å². The minimum atomic E-state index is -4.67. The smallest absolute Gasteiger partial charge is 0.245 e. The Bertz CT molecular complexity index is 315. The number of hydrogen-bond acceptors (Lipinski definition) is 1. The van der Waals surface area contributed by atoms with Crippen LogP contribution in [0.15, 0.2) is 29.2 Å². The molecule has 0 aliphatic rings. The molecule has 0 amide bonds. The number of aryl methyl sites for hydroxylation is 1. The van der Waals surface area contributed by atoms with Crippen molar-refractivity contribution in [3.05, 3.63) is 29.8 Å². The largest absolute Gasteiger partial charge is 0.475 e. The third kappa shape index (κ3) is 2.55. The van der Waals surface area contributed by atoms with Crippen molar-refractivity contribution >= 4 is 10.8 Å². The van der Waals surface area contributed by atoms with Gasteiger partial charge in [-0.3, -0.25) is 0 Å². The first-order valence-corrected chi connectivity index (χ1v) is 4.61. The highest BCUT2D eigenvalue weighted by molar-refractivity contribution is 7.86. The van der Waals surface area contributed by atoms with E-state index >= 15 is 0 Å². The van der Waals surface area contributed by atoms with Gasteiger partial charge in [0.05, 0.1) is 0 Å². The van der Waals surface area contributed by atoms with E-state index in [4.69, 9.17) is 0 Å². The molecule has 1 nitrogen and oxygen atoms in total. The van der Waals surface area contributed by atoms with Gasteiger partial charge in [-0.25, -0.2) is 4.21 Å². The van der Waals surface area contributed by atoms with Crippen LogP contribution in [0.5, 0.6) is 0 Å².